The van der Waals surface area contributed by atoms with E-state index in [0.717, 1.165) is 16.1 Å². The lowest BCUT2D eigenvalue weighted by molar-refractivity contribution is -0.135. The molecule has 0 aliphatic heterocycles. The van der Waals surface area contributed by atoms with E-state index in [1.54, 1.807) is 23.3 Å². The molecule has 0 unspecified atom stereocenters. The first-order valence-corrected chi connectivity index (χ1v) is 12.0. The minimum absolute atomic E-state index is 0.0111. The fourth-order valence-corrected chi connectivity index (χ4v) is 3.57. The molecule has 5 N–H and O–H groups in total. The van der Waals surface area contributed by atoms with Crippen LogP contribution in [0, 0.1) is 13.8 Å². The summed E-state index contributed by atoms with van der Waals surface area (Å²) in [4.78, 5) is 41.0. The van der Waals surface area contributed by atoms with Crippen LogP contribution in [0.3, 0.4) is 0 Å². The number of rotatable bonds is 9. The fraction of sp³-hybridized carbons (Fsp3) is 0.647. The summed E-state index contributed by atoms with van der Waals surface area (Å²) in [7, 11) is 1.29. The fourth-order valence-electron chi connectivity index (χ4n) is 2.21. The molecule has 0 spiro atoms. The molecule has 176 valence electrons. The number of hydrogen-bond acceptors (Lipinski definition) is 7. The summed E-state index contributed by atoms with van der Waals surface area (Å²) in [5.74, 6) is -1.24. The van der Waals surface area contributed by atoms with Gasteiger partial charge in [-0.1, -0.05) is 0 Å². The van der Waals surface area contributed by atoms with E-state index in [-0.39, 0.29) is 17.8 Å². The summed E-state index contributed by atoms with van der Waals surface area (Å²) in [5.41, 5.74) is 2.08. The number of anilines is 1. The van der Waals surface area contributed by atoms with Gasteiger partial charge in [-0.3, -0.25) is 19.5 Å². The molecule has 0 aliphatic rings. The zero-order valence-electron chi connectivity index (χ0n) is 18.1. The standard InChI is InChI=1S/C12H18ClNO2S.C3H8NO5P.C2H7N/c1-8-7-17-10(3)12(8)14(11(15)5-13)9(2)6-16-4;5-3(6)1-4-2-10(7,8)9;1-3-2/h7,9H,5-6H2,1-4H3;4H,1-2H2,(H,5,6)(H2,7,8,9);3H,1-2H3/t9-;;/m0../s1. The topological polar surface area (TPSA) is 148 Å². The number of methoxy groups -OCH3 is 1. The van der Waals surface area contributed by atoms with Gasteiger partial charge < -0.3 is 29.8 Å². The Kier molecular flexibility index (Phi) is 17.3. The summed E-state index contributed by atoms with van der Waals surface area (Å²) in [6.07, 6.45) is -0.598. The van der Waals surface area contributed by atoms with Crippen LogP contribution >= 0.6 is 30.5 Å². The number of nitrogens with zero attached hydrogens (tertiary/aromatic N) is 1. The van der Waals surface area contributed by atoms with Gasteiger partial charge in [0.15, 0.2) is 0 Å². The Hall–Kier alpha value is -1.04. The second-order valence-corrected chi connectivity index (χ2v) is 9.17. The number of ether oxygens (including phenoxy) is 1. The molecule has 13 heteroatoms. The van der Waals surface area contributed by atoms with Crippen molar-refractivity contribution < 1.29 is 33.8 Å². The van der Waals surface area contributed by atoms with Crippen LogP contribution in [0.4, 0.5) is 5.69 Å². The second kappa shape index (κ2) is 16.6. The smallest absolute Gasteiger partial charge is 0.339 e. The predicted octanol–water partition coefficient (Wildman–Crippen LogP) is 1.60. The zero-order valence-corrected chi connectivity index (χ0v) is 20.6. The summed E-state index contributed by atoms with van der Waals surface area (Å²) in [5, 5.41) is 14.9. The highest BCUT2D eigenvalue weighted by Gasteiger charge is 2.25. The number of hydrogen-bond donors (Lipinski definition) is 5. The average Bonchev–Trinajstić information content (AvgIpc) is 2.94. The van der Waals surface area contributed by atoms with E-state index in [0.29, 0.717) is 6.61 Å². The third-order valence-electron chi connectivity index (χ3n) is 3.19. The lowest BCUT2D eigenvalue weighted by atomic mass is 10.2. The number of aliphatic carboxylic acids is 1. The van der Waals surface area contributed by atoms with E-state index in [4.69, 9.17) is 31.2 Å². The van der Waals surface area contributed by atoms with Crippen molar-refractivity contribution in [3.8, 4) is 0 Å². The number of carbonyl (C=O) groups excluding carboxylic acids is 1. The van der Waals surface area contributed by atoms with Crippen molar-refractivity contribution in [3.63, 3.8) is 0 Å². The van der Waals surface area contributed by atoms with E-state index in [9.17, 15) is 14.2 Å². The monoisotopic (exact) mass is 489 g/mol. The maximum absolute atomic E-state index is 12.0. The Balaban J connectivity index is 0. The van der Waals surface area contributed by atoms with Crippen molar-refractivity contribution in [2.75, 3.05) is 51.4 Å². The summed E-state index contributed by atoms with van der Waals surface area (Å²) >= 11 is 7.33. The van der Waals surface area contributed by atoms with Gasteiger partial charge >= 0.3 is 13.6 Å². The first-order chi connectivity index (χ1) is 13.9. The molecule has 1 amide bonds. The molecule has 1 heterocycles. The van der Waals surface area contributed by atoms with E-state index < -0.39 is 26.4 Å². The van der Waals surface area contributed by atoms with Crippen LogP contribution in [-0.2, 0) is 18.9 Å². The summed E-state index contributed by atoms with van der Waals surface area (Å²) in [6.45, 7) is 6.04. The molecule has 0 radical (unpaired) electrons. The molecule has 1 rings (SSSR count). The average molecular weight is 490 g/mol. The van der Waals surface area contributed by atoms with Gasteiger partial charge in [-0.15, -0.1) is 22.9 Å². The maximum Gasteiger partial charge on any atom is 0.339 e. The first kappa shape index (κ1) is 31.1. The van der Waals surface area contributed by atoms with Crippen molar-refractivity contribution in [1.82, 2.24) is 10.6 Å². The van der Waals surface area contributed by atoms with Crippen molar-refractivity contribution in [1.29, 1.82) is 0 Å². The number of carboxylic acid groups (broad SMARTS) is 1. The van der Waals surface area contributed by atoms with Gasteiger partial charge in [0.1, 0.15) is 5.88 Å². The van der Waals surface area contributed by atoms with E-state index in [1.807, 2.05) is 34.9 Å². The van der Waals surface area contributed by atoms with Crippen LogP contribution < -0.4 is 15.5 Å². The molecule has 10 nitrogen and oxygen atoms in total. The van der Waals surface area contributed by atoms with Gasteiger partial charge in [0.05, 0.1) is 31.2 Å². The Bertz CT molecular complexity index is 665. The molecule has 0 saturated carbocycles. The number of carbonyl (C=O) groups is 2. The summed E-state index contributed by atoms with van der Waals surface area (Å²) in [6, 6.07) is -0.0155. The number of aryl methyl sites for hydroxylation is 2. The van der Waals surface area contributed by atoms with Crippen molar-refractivity contribution in [3.05, 3.63) is 15.8 Å². The largest absolute Gasteiger partial charge is 0.480 e. The molecular formula is C17H33ClN3O7PS. The first-order valence-electron chi connectivity index (χ1n) is 8.83. The quantitative estimate of drug-likeness (QED) is 0.257. The van der Waals surface area contributed by atoms with Crippen LogP contribution in [0.25, 0.3) is 0 Å². The summed E-state index contributed by atoms with van der Waals surface area (Å²) < 4.78 is 15.2. The Morgan fingerprint density at radius 3 is 2.20 bits per heavy atom. The minimum Gasteiger partial charge on any atom is -0.480 e. The zero-order chi connectivity index (χ0) is 23.9. The molecule has 1 aromatic heterocycles. The van der Waals surface area contributed by atoms with E-state index >= 15 is 0 Å². The number of thiophene rings is 1. The highest BCUT2D eigenvalue weighted by Crippen LogP contribution is 2.32. The highest BCUT2D eigenvalue weighted by atomic mass is 35.5. The van der Waals surface area contributed by atoms with Crippen molar-refractivity contribution in [2.24, 2.45) is 0 Å². The number of nitrogens with one attached hydrogen (secondary N) is 2. The molecule has 0 saturated heterocycles. The Morgan fingerprint density at radius 2 is 1.87 bits per heavy atom. The second-order valence-electron chi connectivity index (χ2n) is 6.17. The third kappa shape index (κ3) is 14.1. The lowest BCUT2D eigenvalue weighted by Gasteiger charge is -2.29. The highest BCUT2D eigenvalue weighted by molar-refractivity contribution is 7.51. The molecule has 0 aromatic carbocycles. The molecule has 0 fully saturated rings. The minimum atomic E-state index is -4.10. The number of halogens is 1. The number of alkyl halides is 1. The number of amides is 1. The Morgan fingerprint density at radius 1 is 1.33 bits per heavy atom. The van der Waals surface area contributed by atoms with Gasteiger partial charge in [-0.25, -0.2) is 0 Å². The Labute approximate surface area is 186 Å². The van der Waals surface area contributed by atoms with Crippen LogP contribution in [0.2, 0.25) is 0 Å². The third-order valence-corrected chi connectivity index (χ3v) is 5.07. The lowest BCUT2D eigenvalue weighted by Crippen LogP contribution is -2.42. The molecular weight excluding hydrogens is 457 g/mol. The van der Waals surface area contributed by atoms with Crippen LogP contribution in [0.5, 0.6) is 0 Å². The SMILES string of the molecule is CNC.COC[C@H](C)N(C(=O)CCl)c1c(C)csc1C.O=C(O)CNCP(=O)(O)O. The van der Waals surface area contributed by atoms with Crippen LogP contribution in [0.15, 0.2) is 5.38 Å². The normalized spacial score (nSPS) is 11.5. The van der Waals surface area contributed by atoms with Crippen LogP contribution in [0.1, 0.15) is 17.4 Å². The maximum atomic E-state index is 12.0. The molecule has 1 aromatic rings. The van der Waals surface area contributed by atoms with Crippen LogP contribution in [-0.4, -0.2) is 79.3 Å². The van der Waals surface area contributed by atoms with Gasteiger partial charge in [0.25, 0.3) is 0 Å². The van der Waals surface area contributed by atoms with Gasteiger partial charge in [0.2, 0.25) is 5.91 Å². The predicted molar refractivity (Wildman–Crippen MR) is 121 cm³/mol. The van der Waals surface area contributed by atoms with E-state index in [1.165, 1.54) is 0 Å². The molecule has 0 aliphatic carbocycles. The van der Waals surface area contributed by atoms with E-state index in [2.05, 4.69) is 16.0 Å². The van der Waals surface area contributed by atoms with Crippen molar-refractivity contribution in [2.45, 2.75) is 26.8 Å². The number of carboxylic acids is 1. The van der Waals surface area contributed by atoms with Gasteiger partial charge in [-0.2, -0.15) is 0 Å². The molecule has 1 atom stereocenters. The van der Waals surface area contributed by atoms with Gasteiger partial charge in [0, 0.05) is 12.0 Å². The van der Waals surface area contributed by atoms with Gasteiger partial charge in [-0.05, 0) is 45.8 Å². The molecule has 0 bridgehead atoms. The van der Waals surface area contributed by atoms with Crippen molar-refractivity contribution >= 4 is 48.1 Å². The molecule has 30 heavy (non-hydrogen) atoms.